The smallest absolute Gasteiger partial charge is 0.248 e. The third-order valence-electron chi connectivity index (χ3n) is 7.31. The number of carbonyl (C=O) groups is 2. The molecule has 2 N–H and O–H groups in total. The summed E-state index contributed by atoms with van der Waals surface area (Å²) in [5.74, 6) is -0.260. The molecule has 1 aliphatic heterocycles. The predicted molar refractivity (Wildman–Crippen MR) is 152 cm³/mol. The van der Waals surface area contributed by atoms with Crippen LogP contribution in [0.4, 0.5) is 10.2 Å². The topological polar surface area (TPSA) is 128 Å². The number of aliphatic hydroxyl groups excluding tert-OH is 1. The van der Waals surface area contributed by atoms with Crippen LogP contribution in [-0.4, -0.2) is 63.3 Å². The Balaban J connectivity index is 1.47. The number of nitriles is 1. The van der Waals surface area contributed by atoms with E-state index in [2.05, 4.69) is 34.5 Å². The summed E-state index contributed by atoms with van der Waals surface area (Å²) in [5, 5.41) is 21.8. The van der Waals surface area contributed by atoms with Crippen LogP contribution in [-0.2, 0) is 9.59 Å². The number of nitrogens with zero attached hydrogens (tertiary/aromatic N) is 4. The maximum atomic E-state index is 15.7. The Hall–Kier alpha value is -4.62. The zero-order valence-corrected chi connectivity index (χ0v) is 22.8. The van der Waals surface area contributed by atoms with Crippen molar-refractivity contribution in [2.24, 2.45) is 11.8 Å². The van der Waals surface area contributed by atoms with Crippen LogP contribution in [0.2, 0.25) is 0 Å². The number of aromatic nitrogens is 2. The van der Waals surface area contributed by atoms with E-state index in [1.807, 2.05) is 25.2 Å². The summed E-state index contributed by atoms with van der Waals surface area (Å²) >= 11 is 0. The molecule has 1 aromatic heterocycles. The van der Waals surface area contributed by atoms with Crippen LogP contribution in [0.15, 0.2) is 79.7 Å². The molecule has 10 heteroatoms. The first-order valence-corrected chi connectivity index (χ1v) is 13.3. The van der Waals surface area contributed by atoms with Gasteiger partial charge in [0.2, 0.25) is 11.8 Å². The quantitative estimate of drug-likeness (QED) is 0.332. The van der Waals surface area contributed by atoms with Crippen molar-refractivity contribution in [1.29, 1.82) is 5.26 Å². The summed E-state index contributed by atoms with van der Waals surface area (Å²) in [6, 6.07) is 8.51. The first-order chi connectivity index (χ1) is 19.8. The number of ether oxygens (including phenoxy) is 1. The second-order valence-electron chi connectivity index (χ2n) is 9.95. The van der Waals surface area contributed by atoms with E-state index in [1.54, 1.807) is 30.3 Å². The standard InChI is InChI=1S/C31H32FN5O4/c1-4-7-8-20(5-2)23-14-24(23)30(40)36-28-15-25(34-19-35-28)21-9-10-26(22(13-21)16-33)41-27-11-12-37(29(39)17-38)18-31(27,32)6-3/h4-10,13,15,19,23-24,27,38H,2-3,11-12,14,17-18H2,1H3,(H,34,35,36,40)/b7-4-,20-8+/t23-,24+,27-,31?/m0/s1. The summed E-state index contributed by atoms with van der Waals surface area (Å²) < 4.78 is 21.6. The van der Waals surface area contributed by atoms with E-state index in [4.69, 9.17) is 9.84 Å². The van der Waals surface area contributed by atoms with Crippen LogP contribution in [0, 0.1) is 23.2 Å². The number of carbonyl (C=O) groups excluding carboxylic acids is 2. The van der Waals surface area contributed by atoms with Gasteiger partial charge >= 0.3 is 0 Å². The Labute approximate surface area is 238 Å². The molecule has 0 bridgehead atoms. The monoisotopic (exact) mass is 557 g/mol. The van der Waals surface area contributed by atoms with Crippen LogP contribution < -0.4 is 10.1 Å². The SMILES string of the molecule is C=C/C(=C\C=C/C)[C@@H]1C[C@H]1C(=O)Nc1cc(-c2ccc(O[C@H]3CCN(C(=O)CO)CC3(F)C=C)c(C#N)c2)ncn1. The Morgan fingerprint density at radius 2 is 2.12 bits per heavy atom. The van der Waals surface area contributed by atoms with Gasteiger partial charge in [0, 0.05) is 30.5 Å². The number of hydrogen-bond donors (Lipinski definition) is 2. The minimum absolute atomic E-state index is 0.113. The van der Waals surface area contributed by atoms with Crippen molar-refractivity contribution in [3.63, 3.8) is 0 Å². The van der Waals surface area contributed by atoms with Crippen LogP contribution in [0.5, 0.6) is 5.75 Å². The molecule has 1 unspecified atom stereocenters. The van der Waals surface area contributed by atoms with Crippen molar-refractivity contribution >= 4 is 17.6 Å². The lowest BCUT2D eigenvalue weighted by Gasteiger charge is -2.41. The lowest BCUT2D eigenvalue weighted by atomic mass is 9.91. The first-order valence-electron chi connectivity index (χ1n) is 13.3. The van der Waals surface area contributed by atoms with Gasteiger partial charge in [-0.25, -0.2) is 14.4 Å². The highest BCUT2D eigenvalue weighted by molar-refractivity contribution is 5.94. The average molecular weight is 558 g/mol. The number of rotatable bonds is 10. The van der Waals surface area contributed by atoms with Crippen molar-refractivity contribution in [2.75, 3.05) is 25.0 Å². The Morgan fingerprint density at radius 3 is 2.80 bits per heavy atom. The van der Waals surface area contributed by atoms with E-state index in [0.29, 0.717) is 17.1 Å². The number of halogens is 1. The largest absolute Gasteiger partial charge is 0.485 e. The van der Waals surface area contributed by atoms with Crippen molar-refractivity contribution in [1.82, 2.24) is 14.9 Å². The second-order valence-corrected chi connectivity index (χ2v) is 9.95. The zero-order valence-electron chi connectivity index (χ0n) is 22.8. The highest BCUT2D eigenvalue weighted by Gasteiger charge is 2.45. The second kappa shape index (κ2) is 12.7. The first kappa shape index (κ1) is 29.4. The summed E-state index contributed by atoms with van der Waals surface area (Å²) in [4.78, 5) is 34.4. The van der Waals surface area contributed by atoms with Crippen molar-refractivity contribution in [3.8, 4) is 23.1 Å². The van der Waals surface area contributed by atoms with E-state index >= 15 is 4.39 Å². The summed E-state index contributed by atoms with van der Waals surface area (Å²) in [6.45, 7) is 8.51. The lowest BCUT2D eigenvalue weighted by molar-refractivity contribution is -0.140. The van der Waals surface area contributed by atoms with E-state index in [1.165, 1.54) is 11.2 Å². The van der Waals surface area contributed by atoms with Gasteiger partial charge in [-0.2, -0.15) is 5.26 Å². The minimum Gasteiger partial charge on any atom is -0.485 e. The van der Waals surface area contributed by atoms with Crippen LogP contribution in [0.25, 0.3) is 11.3 Å². The van der Waals surface area contributed by atoms with Gasteiger partial charge in [-0.1, -0.05) is 37.5 Å². The molecule has 41 heavy (non-hydrogen) atoms. The normalized spacial score (nSPS) is 23.9. The highest BCUT2D eigenvalue weighted by atomic mass is 19.1. The fourth-order valence-corrected chi connectivity index (χ4v) is 4.89. The number of piperidine rings is 1. The van der Waals surface area contributed by atoms with Crippen LogP contribution in [0.1, 0.15) is 25.3 Å². The third kappa shape index (κ3) is 6.58. The number of alkyl halides is 1. The average Bonchev–Trinajstić information content (AvgIpc) is 3.79. The highest BCUT2D eigenvalue weighted by Crippen LogP contribution is 2.45. The molecule has 4 atom stereocenters. The van der Waals surface area contributed by atoms with Gasteiger partial charge in [-0.15, -0.1) is 0 Å². The predicted octanol–water partition coefficient (Wildman–Crippen LogP) is 4.14. The number of allylic oxidation sites excluding steroid dienone is 5. The molecule has 1 saturated heterocycles. The van der Waals surface area contributed by atoms with E-state index < -0.39 is 24.3 Å². The maximum absolute atomic E-state index is 15.7. The lowest BCUT2D eigenvalue weighted by Crippen LogP contribution is -2.57. The molecule has 2 aliphatic rings. The van der Waals surface area contributed by atoms with Gasteiger partial charge in [-0.3, -0.25) is 9.59 Å². The molecule has 212 valence electrons. The number of hydrogen-bond acceptors (Lipinski definition) is 7. The Kier molecular flexibility index (Phi) is 9.10. The van der Waals surface area contributed by atoms with Crippen molar-refractivity contribution in [3.05, 3.63) is 85.3 Å². The van der Waals surface area contributed by atoms with Crippen LogP contribution in [0.3, 0.4) is 0 Å². The van der Waals surface area contributed by atoms with Gasteiger partial charge in [0.1, 0.15) is 36.7 Å². The fourth-order valence-electron chi connectivity index (χ4n) is 4.89. The molecule has 1 aromatic carbocycles. The molecule has 2 heterocycles. The summed E-state index contributed by atoms with van der Waals surface area (Å²) in [7, 11) is 0. The Morgan fingerprint density at radius 1 is 1.32 bits per heavy atom. The number of benzene rings is 1. The maximum Gasteiger partial charge on any atom is 0.248 e. The van der Waals surface area contributed by atoms with E-state index in [-0.39, 0.29) is 48.6 Å². The molecule has 2 amide bonds. The van der Waals surface area contributed by atoms with Gasteiger partial charge in [0.25, 0.3) is 0 Å². The number of anilines is 1. The van der Waals surface area contributed by atoms with Gasteiger partial charge < -0.3 is 20.1 Å². The molecule has 0 spiro atoms. The molecule has 4 rings (SSSR count). The summed E-state index contributed by atoms with van der Waals surface area (Å²) in [6.07, 6.45) is 9.88. The zero-order chi connectivity index (χ0) is 29.6. The number of amides is 2. The third-order valence-corrected chi connectivity index (χ3v) is 7.31. The van der Waals surface area contributed by atoms with Gasteiger partial charge in [0.15, 0.2) is 5.67 Å². The minimum atomic E-state index is -2.07. The van der Waals surface area contributed by atoms with Crippen molar-refractivity contribution < 1.29 is 23.8 Å². The molecule has 1 saturated carbocycles. The van der Waals surface area contributed by atoms with Crippen LogP contribution >= 0.6 is 0 Å². The Bertz CT molecular complexity index is 1450. The number of likely N-dealkylation sites (tertiary alicyclic amines) is 1. The fraction of sp³-hybridized carbons (Fsp3) is 0.323. The molecule has 0 radical (unpaired) electrons. The molecule has 1 aliphatic carbocycles. The number of nitrogens with one attached hydrogen (secondary N) is 1. The van der Waals surface area contributed by atoms with E-state index in [9.17, 15) is 14.9 Å². The van der Waals surface area contributed by atoms with Crippen molar-refractivity contribution in [2.45, 2.75) is 31.5 Å². The molecule has 9 nitrogen and oxygen atoms in total. The molecule has 2 aromatic rings. The van der Waals surface area contributed by atoms with Gasteiger partial charge in [0.05, 0.1) is 17.8 Å². The molecular weight excluding hydrogens is 525 g/mol. The van der Waals surface area contributed by atoms with Gasteiger partial charge in [-0.05, 0) is 49.1 Å². The molecular formula is C31H32FN5O4. The molecule has 2 fully saturated rings. The number of aliphatic hydroxyl groups is 1. The van der Waals surface area contributed by atoms with E-state index in [0.717, 1.165) is 18.1 Å². The summed E-state index contributed by atoms with van der Waals surface area (Å²) in [5.41, 5.74) is 0.173.